The van der Waals surface area contributed by atoms with Crippen molar-refractivity contribution in [3.05, 3.63) is 81.4 Å². The van der Waals surface area contributed by atoms with Crippen LogP contribution in [0.2, 0.25) is 0 Å². The number of rotatable bonds is 4. The largest absolute Gasteiger partial charge is 0.338 e. The number of H-pyrrole nitrogens is 1. The monoisotopic (exact) mass is 440 g/mol. The van der Waals surface area contributed by atoms with E-state index < -0.39 is 0 Å². The molecule has 4 aromatic rings. The van der Waals surface area contributed by atoms with Crippen LogP contribution < -0.4 is 10.9 Å². The van der Waals surface area contributed by atoms with E-state index in [1.54, 1.807) is 42.6 Å². The van der Waals surface area contributed by atoms with E-state index in [4.69, 9.17) is 0 Å². The number of aromatic nitrogens is 3. The highest BCUT2D eigenvalue weighted by molar-refractivity contribution is 9.10. The zero-order chi connectivity index (χ0) is 19.7. The Balaban J connectivity index is 1.55. The Morgan fingerprint density at radius 3 is 2.86 bits per heavy atom. The number of hydrogen-bond acceptors (Lipinski definition) is 3. The minimum atomic E-state index is -0.339. The summed E-state index contributed by atoms with van der Waals surface area (Å²) in [6.45, 7) is -0.103. The van der Waals surface area contributed by atoms with Gasteiger partial charge in [0.15, 0.2) is 0 Å². The third kappa shape index (κ3) is 3.86. The van der Waals surface area contributed by atoms with Crippen LogP contribution in [0.25, 0.3) is 22.4 Å². The summed E-state index contributed by atoms with van der Waals surface area (Å²) < 4.78 is 15.5. The summed E-state index contributed by atoms with van der Waals surface area (Å²) in [4.78, 5) is 31.7. The molecule has 2 aromatic carbocycles. The molecule has 0 unspecified atom stereocenters. The fourth-order valence-electron chi connectivity index (χ4n) is 2.84. The molecule has 0 saturated carbocycles. The molecule has 28 heavy (non-hydrogen) atoms. The number of hydrogen-bond donors (Lipinski definition) is 2. The molecular weight excluding hydrogens is 427 g/mol. The Morgan fingerprint density at radius 2 is 2.04 bits per heavy atom. The van der Waals surface area contributed by atoms with Gasteiger partial charge < -0.3 is 14.9 Å². The summed E-state index contributed by atoms with van der Waals surface area (Å²) >= 11 is 3.28. The average molecular weight is 441 g/mol. The third-order valence-electron chi connectivity index (χ3n) is 4.13. The number of amides is 1. The van der Waals surface area contributed by atoms with Crippen molar-refractivity contribution in [1.29, 1.82) is 0 Å². The fraction of sp³-hybridized carbons (Fsp3) is 0.0500. The van der Waals surface area contributed by atoms with Gasteiger partial charge >= 0.3 is 0 Å². The predicted octanol–water partition coefficient (Wildman–Crippen LogP) is 3.93. The second-order valence-electron chi connectivity index (χ2n) is 6.19. The normalized spacial score (nSPS) is 10.9. The molecule has 4 rings (SSSR count). The van der Waals surface area contributed by atoms with Crippen molar-refractivity contribution in [3.8, 4) is 11.4 Å². The summed E-state index contributed by atoms with van der Waals surface area (Å²) in [6, 6.07) is 14.4. The summed E-state index contributed by atoms with van der Waals surface area (Å²) in [6.07, 6.45) is 1.56. The third-order valence-corrected chi connectivity index (χ3v) is 4.59. The molecule has 0 spiro atoms. The molecule has 0 radical (unpaired) electrons. The van der Waals surface area contributed by atoms with Crippen LogP contribution in [0.3, 0.4) is 0 Å². The van der Waals surface area contributed by atoms with Gasteiger partial charge in [-0.3, -0.25) is 9.59 Å². The second-order valence-corrected chi connectivity index (χ2v) is 7.10. The van der Waals surface area contributed by atoms with Crippen molar-refractivity contribution in [2.45, 2.75) is 6.54 Å². The Labute approximate surface area is 167 Å². The lowest BCUT2D eigenvalue weighted by Crippen LogP contribution is -2.26. The maximum absolute atomic E-state index is 13.4. The van der Waals surface area contributed by atoms with Crippen molar-refractivity contribution in [2.24, 2.45) is 0 Å². The van der Waals surface area contributed by atoms with Crippen molar-refractivity contribution in [3.63, 3.8) is 0 Å². The number of fused-ring (bicyclic) bond motifs is 1. The van der Waals surface area contributed by atoms with Gasteiger partial charge in [0.1, 0.15) is 18.2 Å². The van der Waals surface area contributed by atoms with E-state index in [1.807, 2.05) is 0 Å². The zero-order valence-electron chi connectivity index (χ0n) is 14.4. The van der Waals surface area contributed by atoms with E-state index in [0.29, 0.717) is 32.6 Å². The van der Waals surface area contributed by atoms with Gasteiger partial charge in [0.2, 0.25) is 5.91 Å². The topological polar surface area (TPSA) is 79.8 Å². The second kappa shape index (κ2) is 7.40. The molecule has 0 aliphatic carbocycles. The molecule has 2 heterocycles. The van der Waals surface area contributed by atoms with E-state index in [-0.39, 0.29) is 23.8 Å². The van der Waals surface area contributed by atoms with E-state index in [9.17, 15) is 14.0 Å². The molecule has 0 aliphatic rings. The molecule has 1 amide bonds. The van der Waals surface area contributed by atoms with Crippen molar-refractivity contribution in [2.75, 3.05) is 5.32 Å². The number of pyridine rings is 1. The number of nitrogens with one attached hydrogen (secondary N) is 2. The summed E-state index contributed by atoms with van der Waals surface area (Å²) in [5.74, 6) is -0.128. The van der Waals surface area contributed by atoms with Gasteiger partial charge in [-0.05, 0) is 52.3 Å². The zero-order valence-corrected chi connectivity index (χ0v) is 16.0. The highest BCUT2D eigenvalue weighted by Gasteiger charge is 2.09. The first-order valence-corrected chi connectivity index (χ1v) is 9.19. The molecule has 0 atom stereocenters. The maximum Gasteiger partial charge on any atom is 0.251 e. The lowest BCUT2D eigenvalue weighted by atomic mass is 10.2. The van der Waals surface area contributed by atoms with Gasteiger partial charge in [-0.15, -0.1) is 0 Å². The molecule has 0 bridgehead atoms. The molecule has 0 saturated heterocycles. The number of carbonyl (C=O) groups is 1. The standard InChI is InChI=1S/C20H14BrFN4O2/c21-13-4-7-19(28)26(10-13)11-18(27)23-15-5-6-16-17(9-15)25-20(24-16)12-2-1-3-14(22)8-12/h1-10H,11H2,(H,23,27)(H,24,25). The number of anilines is 1. The Bertz CT molecular complexity index is 1250. The average Bonchev–Trinajstić information content (AvgIpc) is 3.08. The molecule has 0 fully saturated rings. The smallest absolute Gasteiger partial charge is 0.251 e. The van der Waals surface area contributed by atoms with Crippen LogP contribution in [-0.2, 0) is 11.3 Å². The first-order valence-electron chi connectivity index (χ1n) is 8.39. The number of imidazole rings is 1. The highest BCUT2D eigenvalue weighted by atomic mass is 79.9. The van der Waals surface area contributed by atoms with E-state index >= 15 is 0 Å². The molecule has 6 nitrogen and oxygen atoms in total. The van der Waals surface area contributed by atoms with Crippen LogP contribution in [0.1, 0.15) is 0 Å². The Morgan fingerprint density at radius 1 is 1.18 bits per heavy atom. The number of halogens is 2. The molecule has 2 N–H and O–H groups in total. The van der Waals surface area contributed by atoms with Crippen LogP contribution in [0, 0.1) is 5.82 Å². The summed E-state index contributed by atoms with van der Waals surface area (Å²) in [7, 11) is 0. The maximum atomic E-state index is 13.4. The lowest BCUT2D eigenvalue weighted by Gasteiger charge is -2.07. The van der Waals surface area contributed by atoms with Gasteiger partial charge in [-0.1, -0.05) is 12.1 Å². The van der Waals surface area contributed by atoms with Gasteiger partial charge in [-0.25, -0.2) is 9.37 Å². The van der Waals surface area contributed by atoms with Gasteiger partial charge in [0.05, 0.1) is 11.0 Å². The van der Waals surface area contributed by atoms with E-state index in [0.717, 1.165) is 0 Å². The number of aromatic amines is 1. The van der Waals surface area contributed by atoms with E-state index in [1.165, 1.54) is 22.8 Å². The number of carbonyl (C=O) groups excluding carboxylic acids is 1. The van der Waals surface area contributed by atoms with Gasteiger partial charge in [0, 0.05) is 28.0 Å². The van der Waals surface area contributed by atoms with Crippen molar-refractivity contribution in [1.82, 2.24) is 14.5 Å². The van der Waals surface area contributed by atoms with Crippen LogP contribution in [-0.4, -0.2) is 20.4 Å². The number of benzene rings is 2. The van der Waals surface area contributed by atoms with Crippen molar-refractivity contribution >= 4 is 38.6 Å². The van der Waals surface area contributed by atoms with Gasteiger partial charge in [0.25, 0.3) is 5.56 Å². The quantitative estimate of drug-likeness (QED) is 0.504. The minimum absolute atomic E-state index is 0.103. The first-order chi connectivity index (χ1) is 13.5. The first kappa shape index (κ1) is 18.1. The predicted molar refractivity (Wildman–Crippen MR) is 109 cm³/mol. The number of nitrogens with zero attached hydrogens (tertiary/aromatic N) is 2. The van der Waals surface area contributed by atoms with Crippen LogP contribution in [0.4, 0.5) is 10.1 Å². The van der Waals surface area contributed by atoms with Crippen LogP contribution in [0.15, 0.2) is 70.1 Å². The van der Waals surface area contributed by atoms with Crippen LogP contribution in [0.5, 0.6) is 0 Å². The fourth-order valence-corrected chi connectivity index (χ4v) is 3.22. The van der Waals surface area contributed by atoms with Gasteiger partial charge in [-0.2, -0.15) is 0 Å². The molecular formula is C20H14BrFN4O2. The molecule has 8 heteroatoms. The summed E-state index contributed by atoms with van der Waals surface area (Å²) in [5.41, 5.74) is 2.34. The minimum Gasteiger partial charge on any atom is -0.338 e. The Hall–Kier alpha value is -3.26. The summed E-state index contributed by atoms with van der Waals surface area (Å²) in [5, 5.41) is 2.77. The molecule has 0 aliphatic heterocycles. The molecule has 2 aromatic heterocycles. The van der Waals surface area contributed by atoms with Crippen molar-refractivity contribution < 1.29 is 9.18 Å². The SMILES string of the molecule is O=C(Cn1cc(Br)ccc1=O)Nc1ccc2nc(-c3cccc(F)c3)[nH]c2c1. The Kier molecular flexibility index (Phi) is 4.79. The van der Waals surface area contributed by atoms with Crippen LogP contribution >= 0.6 is 15.9 Å². The molecule has 140 valence electrons. The van der Waals surface area contributed by atoms with E-state index in [2.05, 4.69) is 31.2 Å². The highest BCUT2D eigenvalue weighted by Crippen LogP contribution is 2.23. The lowest BCUT2D eigenvalue weighted by molar-refractivity contribution is -0.116.